The number of hydrogen-bond donors (Lipinski definition) is 0. The first-order valence-corrected chi connectivity index (χ1v) is 8.80. The van der Waals surface area contributed by atoms with Crippen LogP contribution in [0.3, 0.4) is 0 Å². The predicted molar refractivity (Wildman–Crippen MR) is 91.1 cm³/mol. The van der Waals surface area contributed by atoms with Crippen LogP contribution in [0.1, 0.15) is 86.5 Å². The molecule has 0 aromatic rings. The van der Waals surface area contributed by atoms with Gasteiger partial charge < -0.3 is 4.90 Å². The molecule has 120 valence electrons. The van der Waals surface area contributed by atoms with Gasteiger partial charge in [-0.1, -0.05) is 48.0 Å². The monoisotopic (exact) mass is 281 g/mol. The zero-order chi connectivity index (χ0) is 15.4. The molecule has 20 heavy (non-hydrogen) atoms. The van der Waals surface area contributed by atoms with Crippen LogP contribution in [0.2, 0.25) is 0 Å². The topological polar surface area (TPSA) is 3.24 Å². The highest BCUT2D eigenvalue weighted by Gasteiger charge is 2.30. The molecule has 1 nitrogen and oxygen atoms in total. The molecular weight excluding hydrogens is 242 g/mol. The van der Waals surface area contributed by atoms with E-state index in [-0.39, 0.29) is 0 Å². The first-order chi connectivity index (χ1) is 9.09. The van der Waals surface area contributed by atoms with E-state index in [0.717, 1.165) is 12.0 Å². The second-order valence-electron chi connectivity index (χ2n) is 9.37. The maximum absolute atomic E-state index is 2.64. The maximum Gasteiger partial charge on any atom is 0.00924 e. The highest BCUT2D eigenvalue weighted by molar-refractivity contribution is 4.83. The third-order valence-corrected chi connectivity index (χ3v) is 5.23. The van der Waals surface area contributed by atoms with E-state index in [1.165, 1.54) is 51.5 Å². The van der Waals surface area contributed by atoms with Crippen molar-refractivity contribution in [3.8, 4) is 0 Å². The van der Waals surface area contributed by atoms with Crippen molar-refractivity contribution in [1.82, 2.24) is 4.90 Å². The van der Waals surface area contributed by atoms with E-state index >= 15 is 0 Å². The quantitative estimate of drug-likeness (QED) is 0.581. The molecule has 0 heterocycles. The maximum atomic E-state index is 2.64. The number of rotatable bonds is 5. The Hall–Kier alpha value is -0.0400. The van der Waals surface area contributed by atoms with Crippen LogP contribution in [0.5, 0.6) is 0 Å². The Bertz CT molecular complexity index is 260. The summed E-state index contributed by atoms with van der Waals surface area (Å²) in [7, 11) is 2.35. The van der Waals surface area contributed by atoms with E-state index in [2.05, 4.69) is 53.5 Å². The zero-order valence-electron chi connectivity index (χ0n) is 15.3. The van der Waals surface area contributed by atoms with Gasteiger partial charge in [-0.05, 0) is 68.9 Å². The molecule has 0 atom stereocenters. The smallest absolute Gasteiger partial charge is 0.00924 e. The van der Waals surface area contributed by atoms with Crippen molar-refractivity contribution >= 4 is 0 Å². The third-order valence-electron chi connectivity index (χ3n) is 5.23. The minimum absolute atomic E-state index is 0.503. The van der Waals surface area contributed by atoms with Crippen molar-refractivity contribution in [1.29, 1.82) is 0 Å². The van der Waals surface area contributed by atoms with Gasteiger partial charge in [0.05, 0.1) is 0 Å². The Balaban J connectivity index is 2.21. The molecule has 1 heteroatoms. The van der Waals surface area contributed by atoms with Crippen LogP contribution in [-0.2, 0) is 0 Å². The average molecular weight is 282 g/mol. The molecule has 0 unspecified atom stereocenters. The van der Waals surface area contributed by atoms with Gasteiger partial charge >= 0.3 is 0 Å². The molecule has 0 aromatic heterocycles. The first-order valence-electron chi connectivity index (χ1n) is 8.80. The highest BCUT2D eigenvalue weighted by Crippen LogP contribution is 2.38. The van der Waals surface area contributed by atoms with Gasteiger partial charge in [0, 0.05) is 6.04 Å². The molecule has 1 aliphatic rings. The van der Waals surface area contributed by atoms with E-state index < -0.39 is 0 Å². The lowest BCUT2D eigenvalue weighted by Crippen LogP contribution is -2.38. The molecule has 0 bridgehead atoms. The van der Waals surface area contributed by atoms with Crippen molar-refractivity contribution in [2.24, 2.45) is 16.7 Å². The zero-order valence-corrected chi connectivity index (χ0v) is 15.3. The van der Waals surface area contributed by atoms with Gasteiger partial charge in [0.25, 0.3) is 0 Å². The summed E-state index contributed by atoms with van der Waals surface area (Å²) < 4.78 is 0. The highest BCUT2D eigenvalue weighted by atomic mass is 15.1. The molecule has 1 aliphatic carbocycles. The Kier molecular flexibility index (Phi) is 6.57. The van der Waals surface area contributed by atoms with E-state index in [1.54, 1.807) is 0 Å². The second-order valence-corrected chi connectivity index (χ2v) is 9.37. The largest absolute Gasteiger partial charge is 0.303 e. The third kappa shape index (κ3) is 6.61. The molecule has 0 aliphatic heterocycles. The van der Waals surface area contributed by atoms with Crippen LogP contribution in [0.25, 0.3) is 0 Å². The summed E-state index contributed by atoms with van der Waals surface area (Å²) >= 11 is 0. The summed E-state index contributed by atoms with van der Waals surface area (Å²) in [5.74, 6) is 0.938. The van der Waals surface area contributed by atoms with E-state index in [0.29, 0.717) is 10.8 Å². The molecule has 0 N–H and O–H groups in total. The number of hydrogen-bond acceptors (Lipinski definition) is 1. The van der Waals surface area contributed by atoms with Gasteiger partial charge in [0.15, 0.2) is 0 Å². The minimum Gasteiger partial charge on any atom is -0.303 e. The van der Waals surface area contributed by atoms with Crippen LogP contribution in [0.15, 0.2) is 0 Å². The Morgan fingerprint density at radius 2 is 1.40 bits per heavy atom. The average Bonchev–Trinajstić information content (AvgIpc) is 2.32. The van der Waals surface area contributed by atoms with Crippen LogP contribution in [-0.4, -0.2) is 24.5 Å². The van der Waals surface area contributed by atoms with Crippen LogP contribution in [0.4, 0.5) is 0 Å². The lowest BCUT2D eigenvalue weighted by molar-refractivity contribution is 0.109. The van der Waals surface area contributed by atoms with E-state index in [9.17, 15) is 0 Å². The summed E-state index contributed by atoms with van der Waals surface area (Å²) in [6.07, 6.45) is 9.80. The fraction of sp³-hybridized carbons (Fsp3) is 1.00. The van der Waals surface area contributed by atoms with Crippen LogP contribution >= 0.6 is 0 Å². The van der Waals surface area contributed by atoms with Crippen molar-refractivity contribution in [3.05, 3.63) is 0 Å². The molecular formula is C19H39N. The molecule has 0 spiro atoms. The van der Waals surface area contributed by atoms with Gasteiger partial charge in [-0.15, -0.1) is 0 Å². The van der Waals surface area contributed by atoms with Gasteiger partial charge in [0.2, 0.25) is 0 Å². The second kappa shape index (κ2) is 7.29. The van der Waals surface area contributed by atoms with E-state index in [4.69, 9.17) is 0 Å². The van der Waals surface area contributed by atoms with Gasteiger partial charge in [0.1, 0.15) is 0 Å². The molecule has 1 rings (SSSR count). The molecule has 0 radical (unpaired) electrons. The van der Waals surface area contributed by atoms with Crippen molar-refractivity contribution in [2.45, 2.75) is 92.5 Å². The van der Waals surface area contributed by atoms with Gasteiger partial charge in [-0.3, -0.25) is 0 Å². The van der Waals surface area contributed by atoms with Crippen molar-refractivity contribution in [3.63, 3.8) is 0 Å². The van der Waals surface area contributed by atoms with Crippen LogP contribution < -0.4 is 0 Å². The summed E-state index contributed by atoms with van der Waals surface area (Å²) in [5.41, 5.74) is 1.01. The molecule has 1 fully saturated rings. The summed E-state index contributed by atoms with van der Waals surface area (Å²) in [4.78, 5) is 2.64. The molecule has 0 amide bonds. The van der Waals surface area contributed by atoms with E-state index in [1.807, 2.05) is 0 Å². The number of nitrogens with zero attached hydrogens (tertiary/aromatic N) is 1. The Morgan fingerprint density at radius 1 is 0.850 bits per heavy atom. The molecule has 1 saturated carbocycles. The fourth-order valence-electron chi connectivity index (χ4n) is 3.58. The number of unbranched alkanes of at least 4 members (excludes halogenated alkanes) is 1. The molecule has 0 saturated heterocycles. The first kappa shape index (κ1) is 18.0. The van der Waals surface area contributed by atoms with Gasteiger partial charge in [-0.2, -0.15) is 0 Å². The van der Waals surface area contributed by atoms with Crippen molar-refractivity contribution < 1.29 is 0 Å². The normalized spacial score (nSPS) is 25.2. The Labute approximate surface area is 128 Å². The Morgan fingerprint density at radius 3 is 1.85 bits per heavy atom. The van der Waals surface area contributed by atoms with Crippen LogP contribution in [0, 0.1) is 16.7 Å². The lowest BCUT2D eigenvalue weighted by atomic mass is 9.71. The SMILES string of the molecule is CN(CCCCC(C)(C)C)C1CCC(C(C)(C)C)CC1. The van der Waals surface area contributed by atoms with Crippen molar-refractivity contribution in [2.75, 3.05) is 13.6 Å². The minimum atomic E-state index is 0.503. The summed E-state index contributed by atoms with van der Waals surface area (Å²) in [6.45, 7) is 15.6. The van der Waals surface area contributed by atoms with Gasteiger partial charge in [-0.25, -0.2) is 0 Å². The summed E-state index contributed by atoms with van der Waals surface area (Å²) in [5, 5.41) is 0. The fourth-order valence-corrected chi connectivity index (χ4v) is 3.58. The summed E-state index contributed by atoms with van der Waals surface area (Å²) in [6, 6.07) is 0.850. The molecule has 0 aromatic carbocycles. The standard InChI is InChI=1S/C19H39N/c1-18(2,3)14-8-9-15-20(7)17-12-10-16(11-13-17)19(4,5)6/h16-17H,8-15H2,1-7H3. The lowest BCUT2D eigenvalue weighted by Gasteiger charge is -2.40. The predicted octanol–water partition coefficient (Wildman–Crippen LogP) is 5.74.